The van der Waals surface area contributed by atoms with Crippen molar-refractivity contribution in [1.29, 1.82) is 0 Å². The SMILES string of the molecule is Cc1cccc(NC(=O)CC2(CC(=O)O)CCCC2)c1Br. The number of hydrogen-bond donors (Lipinski definition) is 2. The Balaban J connectivity index is 2.06. The molecule has 0 unspecified atom stereocenters. The topological polar surface area (TPSA) is 66.4 Å². The molecule has 5 heteroatoms. The van der Waals surface area contributed by atoms with Crippen LogP contribution in [0.4, 0.5) is 5.69 Å². The fourth-order valence-corrected chi connectivity index (χ4v) is 3.50. The van der Waals surface area contributed by atoms with Gasteiger partial charge in [-0.1, -0.05) is 25.0 Å². The molecule has 4 nitrogen and oxygen atoms in total. The Kier molecular flexibility index (Phi) is 5.04. The van der Waals surface area contributed by atoms with E-state index in [4.69, 9.17) is 5.11 Å². The normalized spacial score (nSPS) is 16.7. The minimum absolute atomic E-state index is 0.0788. The number of carboxylic acid groups (broad SMARTS) is 1. The van der Waals surface area contributed by atoms with Gasteiger partial charge in [0, 0.05) is 10.9 Å². The number of carbonyl (C=O) groups is 2. The van der Waals surface area contributed by atoms with Gasteiger partial charge in [0.05, 0.1) is 12.1 Å². The van der Waals surface area contributed by atoms with E-state index in [0.717, 1.165) is 41.4 Å². The number of halogens is 1. The van der Waals surface area contributed by atoms with Gasteiger partial charge in [0.2, 0.25) is 5.91 Å². The van der Waals surface area contributed by atoms with Crippen LogP contribution in [0.25, 0.3) is 0 Å². The molecule has 0 heterocycles. The van der Waals surface area contributed by atoms with Crippen molar-refractivity contribution in [2.75, 3.05) is 5.32 Å². The molecule has 1 aromatic rings. The highest BCUT2D eigenvalue weighted by Crippen LogP contribution is 2.44. The van der Waals surface area contributed by atoms with Gasteiger partial charge in [-0.15, -0.1) is 0 Å². The highest BCUT2D eigenvalue weighted by Gasteiger charge is 2.38. The minimum Gasteiger partial charge on any atom is -0.481 e. The molecule has 0 radical (unpaired) electrons. The van der Waals surface area contributed by atoms with E-state index >= 15 is 0 Å². The first-order valence-corrected chi connectivity index (χ1v) is 7.98. The van der Waals surface area contributed by atoms with Gasteiger partial charge in [0.1, 0.15) is 0 Å². The standard InChI is InChI=1S/C16H20BrNO3/c1-11-5-4-6-12(15(11)17)18-13(19)9-16(10-14(20)21)7-2-3-8-16/h4-6H,2-3,7-10H2,1H3,(H,18,19)(H,20,21). The number of aliphatic carboxylic acids is 1. The predicted octanol–water partition coefficient (Wildman–Crippen LogP) is 4.12. The zero-order valence-corrected chi connectivity index (χ0v) is 13.7. The van der Waals surface area contributed by atoms with E-state index < -0.39 is 5.97 Å². The van der Waals surface area contributed by atoms with E-state index in [1.54, 1.807) is 0 Å². The molecule has 1 fully saturated rings. The lowest BCUT2D eigenvalue weighted by molar-refractivity contribution is -0.140. The summed E-state index contributed by atoms with van der Waals surface area (Å²) in [6.07, 6.45) is 4.02. The van der Waals surface area contributed by atoms with Crippen LogP contribution in [0.3, 0.4) is 0 Å². The average molecular weight is 354 g/mol. The molecule has 0 atom stereocenters. The van der Waals surface area contributed by atoms with Crippen molar-refractivity contribution in [1.82, 2.24) is 0 Å². The number of rotatable bonds is 5. The Hall–Kier alpha value is -1.36. The lowest BCUT2D eigenvalue weighted by Gasteiger charge is -2.26. The van der Waals surface area contributed by atoms with Gasteiger partial charge in [-0.05, 0) is 52.7 Å². The maximum atomic E-state index is 12.3. The van der Waals surface area contributed by atoms with Crippen molar-refractivity contribution in [3.8, 4) is 0 Å². The average Bonchev–Trinajstić information content (AvgIpc) is 2.82. The summed E-state index contributed by atoms with van der Waals surface area (Å²) in [5, 5.41) is 12.0. The lowest BCUT2D eigenvalue weighted by Crippen LogP contribution is -2.27. The van der Waals surface area contributed by atoms with E-state index in [1.165, 1.54) is 0 Å². The van der Waals surface area contributed by atoms with Gasteiger partial charge >= 0.3 is 5.97 Å². The first kappa shape index (κ1) is 16.0. The van der Waals surface area contributed by atoms with Gasteiger partial charge in [-0.3, -0.25) is 9.59 Å². The third-order valence-electron chi connectivity index (χ3n) is 4.19. The molecule has 2 N–H and O–H groups in total. The summed E-state index contributed by atoms with van der Waals surface area (Å²) in [5.74, 6) is -0.925. The molecule has 21 heavy (non-hydrogen) atoms. The Morgan fingerprint density at radius 1 is 1.29 bits per heavy atom. The smallest absolute Gasteiger partial charge is 0.303 e. The van der Waals surface area contributed by atoms with E-state index in [-0.39, 0.29) is 24.2 Å². The molecule has 1 aliphatic carbocycles. The van der Waals surface area contributed by atoms with Crippen LogP contribution in [0.15, 0.2) is 22.7 Å². The van der Waals surface area contributed by atoms with Crippen molar-refractivity contribution in [2.45, 2.75) is 45.4 Å². The summed E-state index contributed by atoms with van der Waals surface area (Å²) in [5.41, 5.74) is 1.42. The van der Waals surface area contributed by atoms with Crippen LogP contribution in [0.1, 0.15) is 44.1 Å². The van der Waals surface area contributed by atoms with Gasteiger partial charge < -0.3 is 10.4 Å². The van der Waals surface area contributed by atoms with Gasteiger partial charge in [-0.2, -0.15) is 0 Å². The molecule has 0 spiro atoms. The van der Waals surface area contributed by atoms with Crippen LogP contribution >= 0.6 is 15.9 Å². The van der Waals surface area contributed by atoms with E-state index in [2.05, 4.69) is 21.2 Å². The highest BCUT2D eigenvalue weighted by molar-refractivity contribution is 9.10. The largest absolute Gasteiger partial charge is 0.481 e. The molecule has 1 saturated carbocycles. The number of aryl methyl sites for hydroxylation is 1. The summed E-state index contributed by atoms with van der Waals surface area (Å²) in [6, 6.07) is 5.69. The molecule has 1 aromatic carbocycles. The van der Waals surface area contributed by atoms with Crippen molar-refractivity contribution in [2.24, 2.45) is 5.41 Å². The van der Waals surface area contributed by atoms with Gasteiger partial charge in [0.15, 0.2) is 0 Å². The molecule has 2 rings (SSSR count). The Morgan fingerprint density at radius 2 is 1.95 bits per heavy atom. The molecule has 0 aromatic heterocycles. The number of amides is 1. The molecular weight excluding hydrogens is 334 g/mol. The second kappa shape index (κ2) is 6.60. The summed E-state index contributed by atoms with van der Waals surface area (Å²) >= 11 is 3.47. The lowest BCUT2D eigenvalue weighted by atomic mass is 9.79. The second-order valence-electron chi connectivity index (χ2n) is 5.94. The van der Waals surface area contributed by atoms with Crippen molar-refractivity contribution < 1.29 is 14.7 Å². The molecule has 1 amide bonds. The fraction of sp³-hybridized carbons (Fsp3) is 0.500. The summed E-state index contributed by atoms with van der Waals surface area (Å²) in [4.78, 5) is 23.4. The number of benzene rings is 1. The molecule has 1 aliphatic rings. The first-order chi connectivity index (χ1) is 9.92. The van der Waals surface area contributed by atoms with Crippen LogP contribution in [-0.4, -0.2) is 17.0 Å². The molecule has 0 saturated heterocycles. The van der Waals surface area contributed by atoms with Gasteiger partial charge in [-0.25, -0.2) is 0 Å². The second-order valence-corrected chi connectivity index (χ2v) is 6.73. The molecule has 0 aliphatic heterocycles. The number of hydrogen-bond acceptors (Lipinski definition) is 2. The first-order valence-electron chi connectivity index (χ1n) is 7.19. The number of carboxylic acids is 1. The minimum atomic E-state index is -0.818. The van der Waals surface area contributed by atoms with E-state index in [1.807, 2.05) is 25.1 Å². The third kappa shape index (κ3) is 4.06. The predicted molar refractivity (Wildman–Crippen MR) is 85.3 cm³/mol. The zero-order chi connectivity index (χ0) is 15.5. The summed E-state index contributed by atoms with van der Waals surface area (Å²) < 4.78 is 0.872. The number of nitrogens with one attached hydrogen (secondary N) is 1. The van der Waals surface area contributed by atoms with Crippen LogP contribution in [-0.2, 0) is 9.59 Å². The van der Waals surface area contributed by atoms with Crippen LogP contribution in [0.5, 0.6) is 0 Å². The van der Waals surface area contributed by atoms with Crippen LogP contribution < -0.4 is 5.32 Å². The fourth-order valence-electron chi connectivity index (χ4n) is 3.14. The van der Waals surface area contributed by atoms with Crippen molar-refractivity contribution in [3.63, 3.8) is 0 Å². The van der Waals surface area contributed by atoms with Crippen molar-refractivity contribution in [3.05, 3.63) is 28.2 Å². The number of anilines is 1. The maximum Gasteiger partial charge on any atom is 0.303 e. The van der Waals surface area contributed by atoms with Gasteiger partial charge in [0.25, 0.3) is 0 Å². The Bertz CT molecular complexity index is 550. The molecule has 114 valence electrons. The van der Waals surface area contributed by atoms with E-state index in [0.29, 0.717) is 0 Å². The third-order valence-corrected chi connectivity index (χ3v) is 5.24. The Morgan fingerprint density at radius 3 is 2.57 bits per heavy atom. The monoisotopic (exact) mass is 353 g/mol. The maximum absolute atomic E-state index is 12.3. The Labute approximate surface area is 133 Å². The molecule has 0 bridgehead atoms. The summed E-state index contributed by atoms with van der Waals surface area (Å²) in [7, 11) is 0. The van der Waals surface area contributed by atoms with Crippen molar-refractivity contribution >= 4 is 33.5 Å². The zero-order valence-electron chi connectivity index (χ0n) is 12.1. The highest BCUT2D eigenvalue weighted by atomic mass is 79.9. The van der Waals surface area contributed by atoms with Crippen LogP contribution in [0.2, 0.25) is 0 Å². The van der Waals surface area contributed by atoms with E-state index in [9.17, 15) is 9.59 Å². The number of carbonyl (C=O) groups excluding carboxylic acids is 1. The van der Waals surface area contributed by atoms with Crippen LogP contribution in [0, 0.1) is 12.3 Å². The quantitative estimate of drug-likeness (QED) is 0.836. The molecular formula is C16H20BrNO3. The summed E-state index contributed by atoms with van der Waals surface area (Å²) in [6.45, 7) is 1.96.